The lowest BCUT2D eigenvalue weighted by molar-refractivity contribution is 0.102. The summed E-state index contributed by atoms with van der Waals surface area (Å²) in [6.07, 6.45) is 1.24. The first-order valence-electron chi connectivity index (χ1n) is 5.37. The second-order valence-corrected chi connectivity index (χ2v) is 3.65. The highest BCUT2D eigenvalue weighted by molar-refractivity contribution is 6.04. The van der Waals surface area contributed by atoms with Crippen LogP contribution in [0.25, 0.3) is 0 Å². The topological polar surface area (TPSA) is 51.2 Å². The molecule has 0 aliphatic heterocycles. The van der Waals surface area contributed by atoms with Crippen molar-refractivity contribution in [2.24, 2.45) is 0 Å². The van der Waals surface area contributed by atoms with Crippen LogP contribution in [0.15, 0.2) is 36.5 Å². The summed E-state index contributed by atoms with van der Waals surface area (Å²) in [4.78, 5) is 15.1. The lowest BCUT2D eigenvalue weighted by Gasteiger charge is -2.07. The van der Waals surface area contributed by atoms with Gasteiger partial charge in [-0.15, -0.1) is 0 Å². The molecule has 0 saturated carbocycles. The molecule has 0 aliphatic rings. The van der Waals surface area contributed by atoms with E-state index >= 15 is 0 Å². The van der Waals surface area contributed by atoms with Crippen LogP contribution in [-0.4, -0.2) is 18.0 Å². The maximum absolute atomic E-state index is 13.4. The summed E-state index contributed by atoms with van der Waals surface area (Å²) in [7, 11) is 1.34. The van der Waals surface area contributed by atoms with Crippen LogP contribution in [0.5, 0.6) is 5.75 Å². The van der Waals surface area contributed by atoms with Gasteiger partial charge < -0.3 is 10.1 Å². The summed E-state index contributed by atoms with van der Waals surface area (Å²) in [5.74, 6) is -2.14. The van der Waals surface area contributed by atoms with Crippen molar-refractivity contribution in [2.45, 2.75) is 0 Å². The molecule has 6 heteroatoms. The fraction of sp³-hybridized carbons (Fsp3) is 0.0769. The Morgan fingerprint density at radius 1 is 1.32 bits per heavy atom. The Bertz CT molecular complexity index is 617. The van der Waals surface area contributed by atoms with Crippen LogP contribution < -0.4 is 10.1 Å². The van der Waals surface area contributed by atoms with Crippen LogP contribution in [0.2, 0.25) is 0 Å². The molecular formula is C13H10F2N2O2. The first-order chi connectivity index (χ1) is 9.11. The summed E-state index contributed by atoms with van der Waals surface area (Å²) in [6.45, 7) is 0. The van der Waals surface area contributed by atoms with Crippen molar-refractivity contribution in [3.8, 4) is 5.75 Å². The SMILES string of the molecule is COc1ccc(NC(=O)c2cccnc2F)cc1F. The quantitative estimate of drug-likeness (QED) is 0.867. The third-order valence-corrected chi connectivity index (χ3v) is 2.41. The van der Waals surface area contributed by atoms with Gasteiger partial charge >= 0.3 is 0 Å². The van der Waals surface area contributed by atoms with Crippen molar-refractivity contribution in [3.63, 3.8) is 0 Å². The van der Waals surface area contributed by atoms with Crippen LogP contribution in [0.4, 0.5) is 14.5 Å². The fourth-order valence-corrected chi connectivity index (χ4v) is 1.50. The first kappa shape index (κ1) is 12.9. The fourth-order valence-electron chi connectivity index (χ4n) is 1.50. The van der Waals surface area contributed by atoms with Crippen molar-refractivity contribution in [3.05, 3.63) is 53.9 Å². The number of halogens is 2. The third-order valence-electron chi connectivity index (χ3n) is 2.41. The number of methoxy groups -OCH3 is 1. The summed E-state index contributed by atoms with van der Waals surface area (Å²) >= 11 is 0. The van der Waals surface area contributed by atoms with E-state index in [9.17, 15) is 13.6 Å². The van der Waals surface area contributed by atoms with Gasteiger partial charge in [0.15, 0.2) is 11.6 Å². The van der Waals surface area contributed by atoms with E-state index in [1.807, 2.05) is 0 Å². The molecule has 19 heavy (non-hydrogen) atoms. The maximum Gasteiger partial charge on any atom is 0.260 e. The van der Waals surface area contributed by atoms with Gasteiger partial charge in [-0.25, -0.2) is 9.37 Å². The number of hydrogen-bond acceptors (Lipinski definition) is 3. The number of pyridine rings is 1. The number of anilines is 1. The Hall–Kier alpha value is -2.50. The lowest BCUT2D eigenvalue weighted by Crippen LogP contribution is -2.14. The smallest absolute Gasteiger partial charge is 0.260 e. The number of nitrogens with one attached hydrogen (secondary N) is 1. The van der Waals surface area contributed by atoms with Gasteiger partial charge in [-0.05, 0) is 24.3 Å². The molecule has 2 aromatic rings. The highest BCUT2D eigenvalue weighted by atomic mass is 19.1. The standard InChI is InChI=1S/C13H10F2N2O2/c1-19-11-5-4-8(7-10(11)14)17-13(18)9-3-2-6-16-12(9)15/h2-7H,1H3,(H,17,18). The number of nitrogens with zero attached hydrogens (tertiary/aromatic N) is 1. The Morgan fingerprint density at radius 3 is 2.74 bits per heavy atom. The minimum Gasteiger partial charge on any atom is -0.494 e. The zero-order valence-corrected chi connectivity index (χ0v) is 9.98. The van der Waals surface area contributed by atoms with E-state index < -0.39 is 17.7 Å². The van der Waals surface area contributed by atoms with Gasteiger partial charge in [-0.2, -0.15) is 4.39 Å². The van der Waals surface area contributed by atoms with Crippen molar-refractivity contribution >= 4 is 11.6 Å². The third kappa shape index (κ3) is 2.85. The second kappa shape index (κ2) is 5.43. The number of rotatable bonds is 3. The van der Waals surface area contributed by atoms with E-state index in [0.29, 0.717) is 0 Å². The highest BCUT2D eigenvalue weighted by Crippen LogP contribution is 2.21. The molecule has 0 spiro atoms. The van der Waals surface area contributed by atoms with E-state index in [2.05, 4.69) is 10.3 Å². The molecule has 0 atom stereocenters. The number of benzene rings is 1. The highest BCUT2D eigenvalue weighted by Gasteiger charge is 2.13. The predicted molar refractivity (Wildman–Crippen MR) is 65.1 cm³/mol. The molecule has 0 bridgehead atoms. The number of amides is 1. The Labute approximate surface area is 108 Å². The van der Waals surface area contributed by atoms with E-state index in [4.69, 9.17) is 4.74 Å². The second-order valence-electron chi connectivity index (χ2n) is 3.65. The lowest BCUT2D eigenvalue weighted by atomic mass is 10.2. The summed E-state index contributed by atoms with van der Waals surface area (Å²) in [5, 5.41) is 2.38. The van der Waals surface area contributed by atoms with Crippen molar-refractivity contribution in [2.75, 3.05) is 12.4 Å². The molecule has 0 saturated heterocycles. The predicted octanol–water partition coefficient (Wildman–Crippen LogP) is 2.62. The molecular weight excluding hydrogens is 254 g/mol. The first-order valence-corrected chi connectivity index (χ1v) is 5.37. The molecule has 2 rings (SSSR count). The molecule has 0 radical (unpaired) electrons. The van der Waals surface area contributed by atoms with Gasteiger partial charge in [0.05, 0.1) is 12.7 Å². The number of carbonyl (C=O) groups excluding carboxylic acids is 1. The van der Waals surface area contributed by atoms with Crippen molar-refractivity contribution in [1.29, 1.82) is 0 Å². The Kier molecular flexibility index (Phi) is 3.70. The van der Waals surface area contributed by atoms with Crippen LogP contribution in [-0.2, 0) is 0 Å². The minimum absolute atomic E-state index is 0.0607. The summed E-state index contributed by atoms with van der Waals surface area (Å²) in [6, 6.07) is 6.63. The van der Waals surface area contributed by atoms with Crippen LogP contribution in [0, 0.1) is 11.8 Å². The molecule has 0 fully saturated rings. The van der Waals surface area contributed by atoms with Crippen LogP contribution in [0.3, 0.4) is 0 Å². The molecule has 1 amide bonds. The van der Waals surface area contributed by atoms with Gasteiger partial charge in [0, 0.05) is 18.0 Å². The van der Waals surface area contributed by atoms with E-state index in [0.717, 1.165) is 6.07 Å². The van der Waals surface area contributed by atoms with Gasteiger partial charge in [-0.3, -0.25) is 4.79 Å². The molecule has 1 heterocycles. The van der Waals surface area contributed by atoms with Crippen molar-refractivity contribution < 1.29 is 18.3 Å². The Morgan fingerprint density at radius 2 is 2.11 bits per heavy atom. The number of hydrogen-bond donors (Lipinski definition) is 1. The number of carbonyl (C=O) groups is 1. The van der Waals surface area contributed by atoms with Gasteiger partial charge in [0.1, 0.15) is 0 Å². The van der Waals surface area contributed by atoms with Crippen LogP contribution in [0.1, 0.15) is 10.4 Å². The minimum atomic E-state index is -0.881. The monoisotopic (exact) mass is 264 g/mol. The summed E-state index contributed by atoms with van der Waals surface area (Å²) < 4.78 is 31.4. The molecule has 0 unspecified atom stereocenters. The van der Waals surface area contributed by atoms with E-state index in [1.165, 1.54) is 37.6 Å². The zero-order chi connectivity index (χ0) is 13.8. The maximum atomic E-state index is 13.4. The van der Waals surface area contributed by atoms with Gasteiger partial charge in [0.2, 0.25) is 5.95 Å². The molecule has 4 nitrogen and oxygen atoms in total. The zero-order valence-electron chi connectivity index (χ0n) is 9.98. The van der Waals surface area contributed by atoms with Crippen molar-refractivity contribution in [1.82, 2.24) is 4.98 Å². The Balaban J connectivity index is 2.20. The van der Waals surface area contributed by atoms with Gasteiger partial charge in [-0.1, -0.05) is 0 Å². The molecule has 1 N–H and O–H groups in total. The van der Waals surface area contributed by atoms with E-state index in [1.54, 1.807) is 0 Å². The molecule has 1 aromatic heterocycles. The molecule has 0 aliphatic carbocycles. The number of aromatic nitrogens is 1. The average Bonchev–Trinajstić information content (AvgIpc) is 2.39. The average molecular weight is 264 g/mol. The summed E-state index contributed by atoms with van der Waals surface area (Å²) in [5.41, 5.74) is -0.00900. The van der Waals surface area contributed by atoms with Gasteiger partial charge in [0.25, 0.3) is 5.91 Å². The molecule has 1 aromatic carbocycles. The van der Waals surface area contributed by atoms with E-state index in [-0.39, 0.29) is 17.0 Å². The molecule has 98 valence electrons. The normalized spacial score (nSPS) is 10.1. The van der Waals surface area contributed by atoms with Crippen LogP contribution >= 0.6 is 0 Å². The number of ether oxygens (including phenoxy) is 1. The largest absolute Gasteiger partial charge is 0.494 e.